The molecule has 2 rings (SSSR count). The van der Waals surface area contributed by atoms with Crippen molar-refractivity contribution in [1.82, 2.24) is 0 Å². The van der Waals surface area contributed by atoms with Gasteiger partial charge in [0.15, 0.2) is 0 Å². The smallest absolute Gasteiger partial charge is 0.0297 e. The monoisotopic (exact) mass is 249 g/mol. The second kappa shape index (κ2) is 6.04. The molecule has 2 N–H and O–H groups in total. The van der Waals surface area contributed by atoms with E-state index < -0.39 is 0 Å². The van der Waals surface area contributed by atoms with Crippen LogP contribution < -0.4 is 5.73 Å². The fraction of sp³-hybridized carbons (Fsp3) is 0.333. The Balaban J connectivity index is 0.00000144. The number of hydrogen-bond donors (Lipinski definition) is 1. The van der Waals surface area contributed by atoms with Crippen molar-refractivity contribution in [3.63, 3.8) is 0 Å². The molecule has 0 aromatic heterocycles. The van der Waals surface area contributed by atoms with Crippen LogP contribution in [0.3, 0.4) is 0 Å². The van der Waals surface area contributed by atoms with Crippen molar-refractivity contribution < 1.29 is 0 Å². The molecule has 0 spiro atoms. The minimum atomic E-state index is 0. The van der Waals surface area contributed by atoms with Crippen molar-refractivity contribution in [1.29, 1.82) is 0 Å². The first-order valence-electron chi connectivity index (χ1n) is 5.91. The summed E-state index contributed by atoms with van der Waals surface area (Å²) in [6.07, 6.45) is 1.04. The Morgan fingerprint density at radius 3 is 2.29 bits per heavy atom. The molecular formula is C15H20ClN. The molecule has 1 nitrogen and oxygen atoms in total. The third kappa shape index (κ3) is 3.45. The van der Waals surface area contributed by atoms with Gasteiger partial charge in [0, 0.05) is 6.04 Å². The van der Waals surface area contributed by atoms with E-state index in [0.29, 0.717) is 5.92 Å². The van der Waals surface area contributed by atoms with Crippen LogP contribution in [0.25, 0.3) is 10.8 Å². The highest BCUT2D eigenvalue weighted by atomic mass is 35.5. The van der Waals surface area contributed by atoms with Gasteiger partial charge in [0.1, 0.15) is 0 Å². The first-order valence-corrected chi connectivity index (χ1v) is 5.91. The third-order valence-electron chi connectivity index (χ3n) is 2.93. The average Bonchev–Trinajstić information content (AvgIpc) is 2.27. The van der Waals surface area contributed by atoms with Gasteiger partial charge in [-0.25, -0.2) is 0 Å². The molecule has 0 bridgehead atoms. The normalized spacial score (nSPS) is 12.5. The Kier molecular flexibility index (Phi) is 4.98. The van der Waals surface area contributed by atoms with Crippen molar-refractivity contribution in [3.8, 4) is 0 Å². The second-order valence-corrected chi connectivity index (χ2v) is 4.84. The van der Waals surface area contributed by atoms with Gasteiger partial charge in [-0.05, 0) is 34.7 Å². The minimum Gasteiger partial charge on any atom is -0.324 e. The lowest BCUT2D eigenvalue weighted by atomic mass is 9.96. The van der Waals surface area contributed by atoms with Gasteiger partial charge in [0.2, 0.25) is 0 Å². The van der Waals surface area contributed by atoms with Crippen molar-refractivity contribution in [2.75, 3.05) is 0 Å². The van der Waals surface area contributed by atoms with Gasteiger partial charge >= 0.3 is 0 Å². The van der Waals surface area contributed by atoms with Crippen LogP contribution >= 0.6 is 12.4 Å². The molecule has 2 aromatic rings. The largest absolute Gasteiger partial charge is 0.324 e. The number of rotatable bonds is 3. The molecule has 0 radical (unpaired) electrons. The zero-order chi connectivity index (χ0) is 11.5. The maximum Gasteiger partial charge on any atom is 0.0297 e. The van der Waals surface area contributed by atoms with E-state index in [9.17, 15) is 0 Å². The Morgan fingerprint density at radius 2 is 1.65 bits per heavy atom. The molecule has 0 saturated heterocycles. The van der Waals surface area contributed by atoms with E-state index in [-0.39, 0.29) is 18.4 Å². The van der Waals surface area contributed by atoms with E-state index in [1.54, 1.807) is 0 Å². The first-order chi connectivity index (χ1) is 7.66. The predicted octanol–water partition coefficient (Wildman–Crippen LogP) is 4.31. The molecule has 0 heterocycles. The summed E-state index contributed by atoms with van der Waals surface area (Å²) < 4.78 is 0. The molecular weight excluding hydrogens is 230 g/mol. The van der Waals surface area contributed by atoms with Gasteiger partial charge < -0.3 is 5.73 Å². The lowest BCUT2D eigenvalue weighted by Gasteiger charge is -2.15. The molecule has 2 aromatic carbocycles. The summed E-state index contributed by atoms with van der Waals surface area (Å²) >= 11 is 0. The summed E-state index contributed by atoms with van der Waals surface area (Å²) in [5.41, 5.74) is 7.43. The Morgan fingerprint density at radius 1 is 1.00 bits per heavy atom. The highest BCUT2D eigenvalue weighted by Crippen LogP contribution is 2.23. The summed E-state index contributed by atoms with van der Waals surface area (Å²) in [5, 5.41) is 2.56. The van der Waals surface area contributed by atoms with E-state index in [1.165, 1.54) is 16.3 Å². The van der Waals surface area contributed by atoms with Gasteiger partial charge in [0.25, 0.3) is 0 Å². The van der Waals surface area contributed by atoms with Crippen LogP contribution in [0.5, 0.6) is 0 Å². The summed E-state index contributed by atoms with van der Waals surface area (Å²) in [7, 11) is 0. The van der Waals surface area contributed by atoms with E-state index in [1.807, 2.05) is 0 Å². The minimum absolute atomic E-state index is 0. The summed E-state index contributed by atoms with van der Waals surface area (Å²) in [5.74, 6) is 0.640. The molecule has 0 fully saturated rings. The summed E-state index contributed by atoms with van der Waals surface area (Å²) in [6, 6.07) is 15.1. The standard InChI is InChI=1S/C15H19N.ClH/c1-11(2)9-15(16)14-8-7-12-5-3-4-6-13(12)10-14;/h3-8,10-11,15H,9,16H2,1-2H3;1H/t15-;/m0./s1. The van der Waals surface area contributed by atoms with E-state index >= 15 is 0 Å². The van der Waals surface area contributed by atoms with Crippen LogP contribution in [-0.4, -0.2) is 0 Å². The van der Waals surface area contributed by atoms with E-state index in [2.05, 4.69) is 56.3 Å². The highest BCUT2D eigenvalue weighted by molar-refractivity contribution is 5.85. The van der Waals surface area contributed by atoms with E-state index in [0.717, 1.165) is 6.42 Å². The molecule has 17 heavy (non-hydrogen) atoms. The number of benzene rings is 2. The molecule has 0 aliphatic carbocycles. The van der Waals surface area contributed by atoms with Crippen LogP contribution in [0, 0.1) is 5.92 Å². The van der Waals surface area contributed by atoms with Crippen molar-refractivity contribution in [2.24, 2.45) is 11.7 Å². The van der Waals surface area contributed by atoms with Crippen molar-refractivity contribution in [2.45, 2.75) is 26.3 Å². The van der Waals surface area contributed by atoms with E-state index in [4.69, 9.17) is 5.73 Å². The lowest BCUT2D eigenvalue weighted by molar-refractivity contribution is 0.510. The molecule has 1 atom stereocenters. The lowest BCUT2D eigenvalue weighted by Crippen LogP contribution is -2.12. The maximum absolute atomic E-state index is 6.19. The second-order valence-electron chi connectivity index (χ2n) is 4.84. The van der Waals surface area contributed by atoms with Crippen molar-refractivity contribution in [3.05, 3.63) is 48.0 Å². The zero-order valence-electron chi connectivity index (χ0n) is 10.4. The van der Waals surface area contributed by atoms with Gasteiger partial charge in [-0.2, -0.15) is 0 Å². The number of nitrogens with two attached hydrogens (primary N) is 1. The predicted molar refractivity (Wildman–Crippen MR) is 77.6 cm³/mol. The molecule has 0 unspecified atom stereocenters. The Hall–Kier alpha value is -1.05. The fourth-order valence-electron chi connectivity index (χ4n) is 2.08. The van der Waals surface area contributed by atoms with Crippen LogP contribution in [0.1, 0.15) is 31.9 Å². The number of hydrogen-bond acceptors (Lipinski definition) is 1. The molecule has 0 saturated carbocycles. The molecule has 0 aliphatic rings. The summed E-state index contributed by atoms with van der Waals surface area (Å²) in [4.78, 5) is 0. The average molecular weight is 250 g/mol. The number of fused-ring (bicyclic) bond motifs is 1. The first kappa shape index (κ1) is 14.0. The Bertz CT molecular complexity index is 479. The zero-order valence-corrected chi connectivity index (χ0v) is 11.2. The van der Waals surface area contributed by atoms with Crippen LogP contribution in [0.15, 0.2) is 42.5 Å². The van der Waals surface area contributed by atoms with Crippen LogP contribution in [0.4, 0.5) is 0 Å². The Labute approximate surface area is 109 Å². The molecule has 2 heteroatoms. The van der Waals surface area contributed by atoms with Gasteiger partial charge in [-0.3, -0.25) is 0 Å². The van der Waals surface area contributed by atoms with Gasteiger partial charge in [0.05, 0.1) is 0 Å². The third-order valence-corrected chi connectivity index (χ3v) is 2.93. The van der Waals surface area contributed by atoms with Crippen LogP contribution in [-0.2, 0) is 0 Å². The molecule has 0 amide bonds. The SMILES string of the molecule is CC(C)C[C@H](N)c1ccc2ccccc2c1.Cl. The quantitative estimate of drug-likeness (QED) is 0.862. The molecule has 92 valence electrons. The van der Waals surface area contributed by atoms with Crippen molar-refractivity contribution >= 4 is 23.2 Å². The van der Waals surface area contributed by atoms with Gasteiger partial charge in [-0.15, -0.1) is 12.4 Å². The maximum atomic E-state index is 6.19. The molecule has 0 aliphatic heterocycles. The highest BCUT2D eigenvalue weighted by Gasteiger charge is 2.08. The topological polar surface area (TPSA) is 26.0 Å². The fourth-order valence-corrected chi connectivity index (χ4v) is 2.08. The number of halogens is 1. The van der Waals surface area contributed by atoms with Gasteiger partial charge in [-0.1, -0.05) is 50.2 Å². The van der Waals surface area contributed by atoms with Crippen LogP contribution in [0.2, 0.25) is 0 Å². The summed E-state index contributed by atoms with van der Waals surface area (Å²) in [6.45, 7) is 4.42.